The summed E-state index contributed by atoms with van der Waals surface area (Å²) >= 11 is 11.5. The van der Waals surface area contributed by atoms with E-state index in [1.807, 2.05) is 0 Å². The first-order valence-electron chi connectivity index (χ1n) is 4.70. The lowest BCUT2D eigenvalue weighted by Gasteiger charge is -2.04. The van der Waals surface area contributed by atoms with Crippen molar-refractivity contribution in [3.05, 3.63) is 46.0 Å². The van der Waals surface area contributed by atoms with Gasteiger partial charge in [0.15, 0.2) is 11.5 Å². The molecular formula is C11H5Cl2FN2O2. The Bertz CT molecular complexity index is 634. The molecule has 0 saturated heterocycles. The molecule has 7 heteroatoms. The van der Waals surface area contributed by atoms with E-state index in [-0.39, 0.29) is 21.6 Å². The predicted molar refractivity (Wildman–Crippen MR) is 64.4 cm³/mol. The molecule has 0 unspecified atom stereocenters. The number of carboxylic acid groups (broad SMARTS) is 1. The van der Waals surface area contributed by atoms with E-state index in [1.165, 1.54) is 12.1 Å². The first-order chi connectivity index (χ1) is 8.49. The zero-order valence-electron chi connectivity index (χ0n) is 8.69. The summed E-state index contributed by atoms with van der Waals surface area (Å²) in [6, 6.07) is 3.64. The maximum Gasteiger partial charge on any atom is 0.356 e. The van der Waals surface area contributed by atoms with Gasteiger partial charge >= 0.3 is 5.97 Å². The van der Waals surface area contributed by atoms with E-state index >= 15 is 0 Å². The third-order valence-electron chi connectivity index (χ3n) is 2.12. The van der Waals surface area contributed by atoms with E-state index in [1.54, 1.807) is 0 Å². The number of nitrogens with zero attached hydrogens (tertiary/aromatic N) is 2. The van der Waals surface area contributed by atoms with Gasteiger partial charge in [0.1, 0.15) is 5.82 Å². The highest BCUT2D eigenvalue weighted by Crippen LogP contribution is 2.27. The predicted octanol–water partition coefficient (Wildman–Crippen LogP) is 3.29. The van der Waals surface area contributed by atoms with Gasteiger partial charge in [-0.25, -0.2) is 19.2 Å². The van der Waals surface area contributed by atoms with Crippen LogP contribution in [-0.2, 0) is 0 Å². The molecule has 0 bridgehead atoms. The fourth-order valence-corrected chi connectivity index (χ4v) is 1.74. The topological polar surface area (TPSA) is 63.1 Å². The minimum atomic E-state index is -1.28. The fourth-order valence-electron chi connectivity index (χ4n) is 1.32. The van der Waals surface area contributed by atoms with E-state index in [0.717, 1.165) is 12.3 Å². The summed E-state index contributed by atoms with van der Waals surface area (Å²) in [6.07, 6.45) is 1.16. The maximum absolute atomic E-state index is 12.9. The van der Waals surface area contributed by atoms with E-state index in [4.69, 9.17) is 28.3 Å². The Balaban J connectivity index is 2.58. The van der Waals surface area contributed by atoms with Gasteiger partial charge in [0.2, 0.25) is 0 Å². The van der Waals surface area contributed by atoms with Crippen LogP contribution in [0.25, 0.3) is 11.4 Å². The van der Waals surface area contributed by atoms with Crippen molar-refractivity contribution in [2.45, 2.75) is 0 Å². The van der Waals surface area contributed by atoms with Crippen molar-refractivity contribution in [1.29, 1.82) is 0 Å². The molecule has 92 valence electrons. The largest absolute Gasteiger partial charge is 0.476 e. The van der Waals surface area contributed by atoms with Crippen LogP contribution < -0.4 is 0 Å². The molecule has 2 rings (SSSR count). The Morgan fingerprint density at radius 1 is 1.28 bits per heavy atom. The lowest BCUT2D eigenvalue weighted by molar-refractivity contribution is 0.0690. The lowest BCUT2D eigenvalue weighted by atomic mass is 10.2. The van der Waals surface area contributed by atoms with Crippen molar-refractivity contribution in [1.82, 2.24) is 9.97 Å². The maximum atomic E-state index is 12.9. The third kappa shape index (κ3) is 2.42. The van der Waals surface area contributed by atoms with Crippen LogP contribution in [0.4, 0.5) is 4.39 Å². The number of aromatic carboxylic acids is 1. The van der Waals surface area contributed by atoms with Crippen molar-refractivity contribution in [2.75, 3.05) is 0 Å². The highest BCUT2D eigenvalue weighted by atomic mass is 35.5. The van der Waals surface area contributed by atoms with Gasteiger partial charge in [0.05, 0.1) is 16.2 Å². The minimum absolute atomic E-state index is 0.0711. The molecule has 0 radical (unpaired) electrons. The Hall–Kier alpha value is -1.72. The van der Waals surface area contributed by atoms with Gasteiger partial charge in [0, 0.05) is 5.56 Å². The fraction of sp³-hybridized carbons (Fsp3) is 0. The molecule has 1 aromatic carbocycles. The van der Waals surface area contributed by atoms with Crippen LogP contribution >= 0.6 is 23.2 Å². The lowest BCUT2D eigenvalue weighted by Crippen LogP contribution is -2.04. The second kappa shape index (κ2) is 4.88. The Morgan fingerprint density at radius 3 is 2.61 bits per heavy atom. The normalized spacial score (nSPS) is 10.4. The number of benzene rings is 1. The summed E-state index contributed by atoms with van der Waals surface area (Å²) < 4.78 is 12.9. The molecule has 18 heavy (non-hydrogen) atoms. The number of hydrogen-bond acceptors (Lipinski definition) is 3. The Kier molecular flexibility index (Phi) is 3.45. The van der Waals surface area contributed by atoms with Crippen LogP contribution in [0.2, 0.25) is 10.0 Å². The van der Waals surface area contributed by atoms with Crippen LogP contribution in [0, 0.1) is 5.82 Å². The van der Waals surface area contributed by atoms with Crippen molar-refractivity contribution in [2.24, 2.45) is 0 Å². The average molecular weight is 287 g/mol. The molecule has 1 N–H and O–H groups in total. The number of halogens is 3. The number of carbonyl (C=O) groups is 1. The second-order valence-corrected chi connectivity index (χ2v) is 4.13. The van der Waals surface area contributed by atoms with Gasteiger partial charge in [-0.3, -0.25) is 0 Å². The number of aromatic nitrogens is 2. The molecule has 4 nitrogen and oxygen atoms in total. The number of rotatable bonds is 2. The molecule has 0 aliphatic heterocycles. The van der Waals surface area contributed by atoms with Gasteiger partial charge < -0.3 is 5.11 Å². The van der Waals surface area contributed by atoms with Gasteiger partial charge in [-0.1, -0.05) is 23.2 Å². The van der Waals surface area contributed by atoms with Crippen LogP contribution in [0.3, 0.4) is 0 Å². The Morgan fingerprint density at radius 2 is 2.00 bits per heavy atom. The van der Waals surface area contributed by atoms with Gasteiger partial charge in [-0.05, 0) is 18.2 Å². The van der Waals surface area contributed by atoms with E-state index in [9.17, 15) is 9.18 Å². The first-order valence-corrected chi connectivity index (χ1v) is 5.46. The monoisotopic (exact) mass is 286 g/mol. The number of carboxylic acids is 1. The molecule has 1 aromatic heterocycles. The summed E-state index contributed by atoms with van der Waals surface area (Å²) in [7, 11) is 0. The first kappa shape index (κ1) is 12.7. The molecule has 0 atom stereocenters. The third-order valence-corrected chi connectivity index (χ3v) is 2.71. The smallest absolute Gasteiger partial charge is 0.356 e. The highest BCUT2D eigenvalue weighted by Gasteiger charge is 2.15. The van der Waals surface area contributed by atoms with Gasteiger partial charge in [-0.2, -0.15) is 0 Å². The number of hydrogen-bond donors (Lipinski definition) is 1. The molecule has 0 aliphatic carbocycles. The van der Waals surface area contributed by atoms with Crippen molar-refractivity contribution >= 4 is 29.2 Å². The molecule has 0 amide bonds. The molecular weight excluding hydrogens is 282 g/mol. The van der Waals surface area contributed by atoms with E-state index < -0.39 is 11.8 Å². The summed E-state index contributed by atoms with van der Waals surface area (Å²) in [4.78, 5) is 18.5. The average Bonchev–Trinajstić information content (AvgIpc) is 2.30. The molecule has 2 aromatic rings. The van der Waals surface area contributed by atoms with Crippen LogP contribution in [0.5, 0.6) is 0 Å². The van der Waals surface area contributed by atoms with Crippen molar-refractivity contribution in [3.8, 4) is 11.4 Å². The van der Waals surface area contributed by atoms with Crippen LogP contribution in [0.1, 0.15) is 10.5 Å². The van der Waals surface area contributed by atoms with Crippen LogP contribution in [-0.4, -0.2) is 21.0 Å². The molecule has 1 heterocycles. The summed E-state index contributed by atoms with van der Waals surface area (Å²) in [5.41, 5.74) is -0.000656. The molecule has 0 aliphatic rings. The second-order valence-electron chi connectivity index (χ2n) is 3.32. The Labute approximate surface area is 111 Å². The molecule has 0 fully saturated rings. The zero-order valence-corrected chi connectivity index (χ0v) is 10.2. The summed E-state index contributed by atoms with van der Waals surface area (Å²) in [5, 5.41) is 8.89. The van der Waals surface area contributed by atoms with Crippen LogP contribution in [0.15, 0.2) is 24.4 Å². The summed E-state index contributed by atoms with van der Waals surface area (Å²) in [5.74, 6) is -1.71. The molecule has 0 saturated carbocycles. The van der Waals surface area contributed by atoms with Gasteiger partial charge in [-0.15, -0.1) is 0 Å². The van der Waals surface area contributed by atoms with Crippen molar-refractivity contribution < 1.29 is 14.3 Å². The van der Waals surface area contributed by atoms with E-state index in [2.05, 4.69) is 9.97 Å². The quantitative estimate of drug-likeness (QED) is 0.920. The SMILES string of the molecule is O=C(O)c1nc(-c2ccc(F)cc2Cl)ncc1Cl. The van der Waals surface area contributed by atoms with E-state index in [0.29, 0.717) is 5.56 Å². The molecule has 0 spiro atoms. The van der Waals surface area contributed by atoms with Crippen molar-refractivity contribution in [3.63, 3.8) is 0 Å². The van der Waals surface area contributed by atoms with Gasteiger partial charge in [0.25, 0.3) is 0 Å². The minimum Gasteiger partial charge on any atom is -0.476 e. The highest BCUT2D eigenvalue weighted by molar-refractivity contribution is 6.33. The zero-order chi connectivity index (χ0) is 13.3. The standard InChI is InChI=1S/C11H5Cl2FN2O2/c12-7-3-5(14)1-2-6(7)10-15-4-8(13)9(16-10)11(17)18/h1-4H,(H,17,18). The summed E-state index contributed by atoms with van der Waals surface area (Å²) in [6.45, 7) is 0.